The van der Waals surface area contributed by atoms with Crippen LogP contribution in [-0.2, 0) is 6.18 Å². The van der Waals surface area contributed by atoms with E-state index in [4.69, 9.17) is 0 Å². The van der Waals surface area contributed by atoms with Crippen molar-refractivity contribution in [3.05, 3.63) is 45.7 Å². The molecule has 0 radical (unpaired) electrons. The number of pyridine rings is 1. The molecule has 0 spiro atoms. The van der Waals surface area contributed by atoms with E-state index in [0.29, 0.717) is 23.7 Å². The third kappa shape index (κ3) is 4.31. The molecule has 5 heterocycles. The van der Waals surface area contributed by atoms with Crippen molar-refractivity contribution in [2.45, 2.75) is 31.9 Å². The lowest BCUT2D eigenvalue weighted by atomic mass is 10.1. The Morgan fingerprint density at radius 1 is 1.08 bits per heavy atom. The lowest BCUT2D eigenvalue weighted by Gasteiger charge is -2.16. The van der Waals surface area contributed by atoms with E-state index < -0.39 is 23.1 Å². The van der Waals surface area contributed by atoms with Gasteiger partial charge in [-0.25, -0.2) is 4.98 Å². The van der Waals surface area contributed by atoms with Crippen LogP contribution in [0.2, 0.25) is 0 Å². The van der Waals surface area contributed by atoms with Crippen molar-refractivity contribution in [2.75, 3.05) is 44.2 Å². The molecule has 37 heavy (non-hydrogen) atoms. The van der Waals surface area contributed by atoms with Gasteiger partial charge in [0.1, 0.15) is 10.4 Å². The lowest BCUT2D eigenvalue weighted by molar-refractivity contribution is -0.137. The van der Waals surface area contributed by atoms with Crippen molar-refractivity contribution in [3.63, 3.8) is 0 Å². The van der Waals surface area contributed by atoms with Crippen LogP contribution in [-0.4, -0.2) is 64.4 Å². The monoisotopic (exact) mass is 530 g/mol. The normalized spacial score (nSPS) is 17.0. The number of benzene rings is 1. The molecule has 3 aromatic heterocycles. The van der Waals surface area contributed by atoms with E-state index in [2.05, 4.69) is 20.2 Å². The number of alkyl halides is 3. The third-order valence-corrected chi connectivity index (χ3v) is 8.26. The molecule has 12 heteroatoms. The Labute approximate surface area is 213 Å². The fraction of sp³-hybridized carbons (Fsp3) is 0.440. The Balaban J connectivity index is 1.53. The van der Waals surface area contributed by atoms with Crippen LogP contribution in [0.1, 0.15) is 41.6 Å². The van der Waals surface area contributed by atoms with Gasteiger partial charge >= 0.3 is 6.18 Å². The van der Waals surface area contributed by atoms with Gasteiger partial charge in [-0.1, -0.05) is 0 Å². The van der Waals surface area contributed by atoms with Crippen molar-refractivity contribution in [1.29, 1.82) is 0 Å². The number of aromatic nitrogens is 3. The van der Waals surface area contributed by atoms with E-state index in [1.54, 1.807) is 0 Å². The maximum atomic E-state index is 13.6. The van der Waals surface area contributed by atoms with Crippen LogP contribution in [0, 0.1) is 0 Å². The standard InChI is InChI=1S/C25H25F3N6O2S/c26-25(27,28)15-5-6-18-17(13-15)34-21-16(14-30-24(31-21)33-10-3-4-11-33)20(35)19(23(34)37-18)22(36)29-7-12-32-8-1-2-9-32/h5-6,13-14H,1-4,7-12H2,(H,29,36). The first kappa shape index (κ1) is 24.1. The highest BCUT2D eigenvalue weighted by Crippen LogP contribution is 2.36. The number of fused-ring (bicyclic) bond motifs is 5. The zero-order valence-corrected chi connectivity index (χ0v) is 20.8. The number of hydrogen-bond acceptors (Lipinski definition) is 7. The summed E-state index contributed by atoms with van der Waals surface area (Å²) in [4.78, 5) is 40.4. The van der Waals surface area contributed by atoms with E-state index in [0.717, 1.165) is 75.3 Å². The maximum absolute atomic E-state index is 13.6. The first-order valence-electron chi connectivity index (χ1n) is 12.4. The van der Waals surface area contributed by atoms with Crippen LogP contribution in [0.25, 0.3) is 26.1 Å². The van der Waals surface area contributed by atoms with Gasteiger partial charge in [0.2, 0.25) is 11.4 Å². The highest BCUT2D eigenvalue weighted by atomic mass is 32.1. The number of amides is 1. The predicted molar refractivity (Wildman–Crippen MR) is 137 cm³/mol. The molecule has 4 aromatic rings. The van der Waals surface area contributed by atoms with Gasteiger partial charge in [0.05, 0.1) is 21.2 Å². The van der Waals surface area contributed by atoms with E-state index in [9.17, 15) is 22.8 Å². The zero-order valence-electron chi connectivity index (χ0n) is 20.0. The summed E-state index contributed by atoms with van der Waals surface area (Å²) in [5.41, 5.74) is -0.976. The number of thiazole rings is 1. The number of carbonyl (C=O) groups is 1. The SMILES string of the molecule is O=C(NCCN1CCCC1)c1c(=O)c2cnc(N3CCCC3)nc2n2c1sc1ccc(C(F)(F)F)cc12. The van der Waals surface area contributed by atoms with Gasteiger partial charge in [-0.15, -0.1) is 11.3 Å². The van der Waals surface area contributed by atoms with Crippen molar-refractivity contribution in [1.82, 2.24) is 24.6 Å². The molecule has 0 atom stereocenters. The van der Waals surface area contributed by atoms with Gasteiger partial charge in [0.15, 0.2) is 5.65 Å². The van der Waals surface area contributed by atoms with E-state index >= 15 is 0 Å². The third-order valence-electron chi connectivity index (χ3n) is 7.12. The predicted octanol–water partition coefficient (Wildman–Crippen LogP) is 3.90. The van der Waals surface area contributed by atoms with Crippen molar-refractivity contribution in [2.24, 2.45) is 0 Å². The second kappa shape index (κ2) is 9.25. The molecule has 0 aliphatic carbocycles. The molecule has 194 valence electrons. The number of anilines is 1. The summed E-state index contributed by atoms with van der Waals surface area (Å²) < 4.78 is 42.8. The number of halogens is 3. The van der Waals surface area contributed by atoms with Gasteiger partial charge in [0, 0.05) is 32.4 Å². The van der Waals surface area contributed by atoms with Crippen molar-refractivity contribution < 1.29 is 18.0 Å². The number of nitrogens with one attached hydrogen (secondary N) is 1. The van der Waals surface area contributed by atoms with Crippen LogP contribution in [0.5, 0.6) is 0 Å². The Kier molecular flexibility index (Phi) is 6.03. The van der Waals surface area contributed by atoms with E-state index in [1.807, 2.05) is 4.90 Å². The number of likely N-dealkylation sites (tertiary alicyclic amines) is 1. The van der Waals surface area contributed by atoms with Crippen LogP contribution in [0.15, 0.2) is 29.2 Å². The highest BCUT2D eigenvalue weighted by molar-refractivity contribution is 7.24. The molecule has 1 amide bonds. The summed E-state index contributed by atoms with van der Waals surface area (Å²) in [7, 11) is 0. The van der Waals surface area contributed by atoms with E-state index in [1.165, 1.54) is 16.7 Å². The summed E-state index contributed by atoms with van der Waals surface area (Å²) >= 11 is 1.11. The minimum atomic E-state index is -4.54. The molecule has 2 saturated heterocycles. The average molecular weight is 531 g/mol. The van der Waals surface area contributed by atoms with Gasteiger partial charge < -0.3 is 15.1 Å². The number of hydrogen-bond donors (Lipinski definition) is 1. The summed E-state index contributed by atoms with van der Waals surface area (Å²) in [6, 6.07) is 3.44. The smallest absolute Gasteiger partial charge is 0.351 e. The summed E-state index contributed by atoms with van der Waals surface area (Å²) in [5, 5.41) is 2.94. The summed E-state index contributed by atoms with van der Waals surface area (Å²) in [5.74, 6) is -0.123. The highest BCUT2D eigenvalue weighted by Gasteiger charge is 2.32. The Morgan fingerprint density at radius 2 is 1.81 bits per heavy atom. The molecule has 8 nitrogen and oxygen atoms in total. The molecular weight excluding hydrogens is 505 g/mol. The average Bonchev–Trinajstić information content (AvgIpc) is 3.64. The second-order valence-electron chi connectivity index (χ2n) is 9.53. The van der Waals surface area contributed by atoms with Crippen LogP contribution < -0.4 is 15.6 Å². The van der Waals surface area contributed by atoms with Gasteiger partial charge in [-0.3, -0.25) is 14.0 Å². The first-order chi connectivity index (χ1) is 17.8. The fourth-order valence-electron chi connectivity index (χ4n) is 5.21. The topological polar surface area (TPSA) is 82.8 Å². The molecule has 2 aliphatic rings. The van der Waals surface area contributed by atoms with Gasteiger partial charge in [-0.05, 0) is 57.0 Å². The maximum Gasteiger partial charge on any atom is 0.416 e. The Morgan fingerprint density at radius 3 is 2.54 bits per heavy atom. The molecule has 0 saturated carbocycles. The first-order valence-corrected chi connectivity index (χ1v) is 13.2. The minimum absolute atomic E-state index is 0.0961. The number of nitrogens with zero attached hydrogens (tertiary/aromatic N) is 5. The number of rotatable bonds is 5. The second-order valence-corrected chi connectivity index (χ2v) is 10.6. The van der Waals surface area contributed by atoms with Crippen LogP contribution in [0.3, 0.4) is 0 Å². The summed E-state index contributed by atoms with van der Waals surface area (Å²) in [6.45, 7) is 4.54. The minimum Gasteiger partial charge on any atom is -0.351 e. The quantitative estimate of drug-likeness (QED) is 0.422. The summed E-state index contributed by atoms with van der Waals surface area (Å²) in [6.07, 6.45) is 1.09. The van der Waals surface area contributed by atoms with Crippen LogP contribution in [0.4, 0.5) is 19.1 Å². The lowest BCUT2D eigenvalue weighted by Crippen LogP contribution is -2.36. The van der Waals surface area contributed by atoms with Crippen molar-refractivity contribution >= 4 is 49.3 Å². The van der Waals surface area contributed by atoms with Gasteiger partial charge in [-0.2, -0.15) is 18.2 Å². The fourth-order valence-corrected chi connectivity index (χ4v) is 6.37. The molecule has 0 bridgehead atoms. The Hall–Kier alpha value is -3.25. The largest absolute Gasteiger partial charge is 0.416 e. The molecule has 0 unspecified atom stereocenters. The molecule has 6 rings (SSSR count). The Bertz CT molecular complexity index is 1570. The molecule has 1 aromatic carbocycles. The number of carbonyl (C=O) groups excluding carboxylic acids is 1. The van der Waals surface area contributed by atoms with Crippen LogP contribution >= 0.6 is 11.3 Å². The molecular formula is C25H25F3N6O2S. The molecule has 2 aliphatic heterocycles. The van der Waals surface area contributed by atoms with E-state index in [-0.39, 0.29) is 26.9 Å². The molecule has 2 fully saturated rings. The van der Waals surface area contributed by atoms with Gasteiger partial charge in [0.25, 0.3) is 5.91 Å². The molecule has 1 N–H and O–H groups in total. The zero-order chi connectivity index (χ0) is 25.7. The van der Waals surface area contributed by atoms with Crippen molar-refractivity contribution in [3.8, 4) is 0 Å².